The van der Waals surface area contributed by atoms with Crippen LogP contribution >= 0.6 is 0 Å². The molecule has 174 valence electrons. The summed E-state index contributed by atoms with van der Waals surface area (Å²) in [5.74, 6) is -0.874. The van der Waals surface area contributed by atoms with E-state index < -0.39 is 11.9 Å². The standard InChI is InChI=1S/C16H16O4.C9H10O4/c1-11-14(17)8-13(16(18)19-2)9-15(11)20-10-12-6-4-3-5-7-12;1-5-7(10)3-6(4-8(5)11)9(12)13-2/h3-9,17H,10H2,1-2H3;3-4,10-11H,1-2H3. The summed E-state index contributed by atoms with van der Waals surface area (Å²) >= 11 is 0. The molecule has 0 unspecified atom stereocenters. The predicted molar refractivity (Wildman–Crippen MR) is 121 cm³/mol. The number of carbonyl (C=O) groups is 2. The number of rotatable bonds is 5. The van der Waals surface area contributed by atoms with Gasteiger partial charge in [-0.25, -0.2) is 9.59 Å². The van der Waals surface area contributed by atoms with Gasteiger partial charge in [-0.2, -0.15) is 0 Å². The fraction of sp³-hybridized carbons (Fsp3) is 0.200. The number of carbonyl (C=O) groups excluding carboxylic acids is 2. The average molecular weight is 454 g/mol. The molecule has 0 heterocycles. The van der Waals surface area contributed by atoms with Crippen molar-refractivity contribution in [3.8, 4) is 23.0 Å². The van der Waals surface area contributed by atoms with Gasteiger partial charge in [-0.15, -0.1) is 0 Å². The van der Waals surface area contributed by atoms with Crippen LogP contribution in [0.15, 0.2) is 54.6 Å². The molecule has 8 nitrogen and oxygen atoms in total. The van der Waals surface area contributed by atoms with Crippen LogP contribution in [0.2, 0.25) is 0 Å². The van der Waals surface area contributed by atoms with Gasteiger partial charge < -0.3 is 29.5 Å². The Morgan fingerprint density at radius 2 is 1.18 bits per heavy atom. The number of benzene rings is 3. The van der Waals surface area contributed by atoms with Gasteiger partial charge in [0.25, 0.3) is 0 Å². The Balaban J connectivity index is 0.000000257. The third kappa shape index (κ3) is 6.64. The SMILES string of the molecule is COC(=O)c1cc(O)c(C)c(O)c1.COC(=O)c1cc(O)c(C)c(OCc2ccccc2)c1. The van der Waals surface area contributed by atoms with E-state index in [4.69, 9.17) is 4.74 Å². The summed E-state index contributed by atoms with van der Waals surface area (Å²) < 4.78 is 14.7. The van der Waals surface area contributed by atoms with E-state index in [0.717, 1.165) is 5.56 Å². The molecule has 0 bridgehead atoms. The lowest BCUT2D eigenvalue weighted by molar-refractivity contribution is 0.0591. The maximum absolute atomic E-state index is 11.5. The summed E-state index contributed by atoms with van der Waals surface area (Å²) in [5, 5.41) is 28.3. The quantitative estimate of drug-likeness (QED) is 0.489. The first-order chi connectivity index (χ1) is 15.7. The highest BCUT2D eigenvalue weighted by Gasteiger charge is 2.13. The highest BCUT2D eigenvalue weighted by atomic mass is 16.5. The number of aromatic hydroxyl groups is 3. The van der Waals surface area contributed by atoms with Crippen molar-refractivity contribution in [3.05, 3.63) is 82.4 Å². The number of phenols is 3. The summed E-state index contributed by atoms with van der Waals surface area (Å²) in [4.78, 5) is 22.5. The molecule has 0 amide bonds. The molecule has 3 rings (SSSR count). The topological polar surface area (TPSA) is 123 Å². The summed E-state index contributed by atoms with van der Waals surface area (Å²) in [6.07, 6.45) is 0. The van der Waals surface area contributed by atoms with Crippen molar-refractivity contribution in [2.75, 3.05) is 14.2 Å². The van der Waals surface area contributed by atoms with Crippen molar-refractivity contribution in [2.45, 2.75) is 20.5 Å². The van der Waals surface area contributed by atoms with Crippen LogP contribution in [0.5, 0.6) is 23.0 Å². The average Bonchev–Trinajstić information content (AvgIpc) is 2.83. The highest BCUT2D eigenvalue weighted by Crippen LogP contribution is 2.30. The van der Waals surface area contributed by atoms with Gasteiger partial charge in [0.1, 0.15) is 29.6 Å². The van der Waals surface area contributed by atoms with E-state index >= 15 is 0 Å². The molecular formula is C25H26O8. The number of hydrogen-bond donors (Lipinski definition) is 3. The second-order valence-corrected chi connectivity index (χ2v) is 7.02. The Labute approximate surface area is 191 Å². The largest absolute Gasteiger partial charge is 0.508 e. The zero-order valence-corrected chi connectivity index (χ0v) is 18.8. The van der Waals surface area contributed by atoms with Crippen LogP contribution in [0.3, 0.4) is 0 Å². The Morgan fingerprint density at radius 1 is 0.727 bits per heavy atom. The zero-order valence-electron chi connectivity index (χ0n) is 18.8. The minimum Gasteiger partial charge on any atom is -0.508 e. The number of esters is 2. The van der Waals surface area contributed by atoms with Crippen molar-refractivity contribution in [3.63, 3.8) is 0 Å². The lowest BCUT2D eigenvalue weighted by Crippen LogP contribution is -2.03. The summed E-state index contributed by atoms with van der Waals surface area (Å²) in [5.41, 5.74) is 2.33. The Bertz CT molecular complexity index is 1100. The molecule has 0 radical (unpaired) electrons. The van der Waals surface area contributed by atoms with Crippen molar-refractivity contribution < 1.29 is 39.1 Å². The second kappa shape index (κ2) is 11.4. The van der Waals surface area contributed by atoms with Gasteiger partial charge >= 0.3 is 11.9 Å². The number of hydrogen-bond acceptors (Lipinski definition) is 8. The zero-order chi connectivity index (χ0) is 24.5. The Kier molecular flexibility index (Phi) is 8.68. The summed E-state index contributed by atoms with van der Waals surface area (Å²) in [7, 11) is 2.53. The molecule has 0 aliphatic heterocycles. The monoisotopic (exact) mass is 454 g/mol. The van der Waals surface area contributed by atoms with Gasteiger partial charge in [0.15, 0.2) is 0 Å². The number of ether oxygens (including phenoxy) is 3. The van der Waals surface area contributed by atoms with E-state index in [-0.39, 0.29) is 28.4 Å². The Hall–Kier alpha value is -4.20. The summed E-state index contributed by atoms with van der Waals surface area (Å²) in [6, 6.07) is 15.1. The van der Waals surface area contributed by atoms with Crippen LogP contribution in [0, 0.1) is 13.8 Å². The maximum atomic E-state index is 11.5. The van der Waals surface area contributed by atoms with Crippen LogP contribution in [-0.2, 0) is 16.1 Å². The minimum absolute atomic E-state index is 0.0101. The number of methoxy groups -OCH3 is 2. The van der Waals surface area contributed by atoms with Crippen LogP contribution < -0.4 is 4.74 Å². The van der Waals surface area contributed by atoms with Crippen LogP contribution in [0.4, 0.5) is 0 Å². The van der Waals surface area contributed by atoms with E-state index in [1.54, 1.807) is 19.9 Å². The summed E-state index contributed by atoms with van der Waals surface area (Å²) in [6.45, 7) is 3.65. The van der Waals surface area contributed by atoms with Gasteiger partial charge in [-0.3, -0.25) is 0 Å². The smallest absolute Gasteiger partial charge is 0.338 e. The van der Waals surface area contributed by atoms with Crippen LogP contribution in [0.25, 0.3) is 0 Å². The molecule has 0 fully saturated rings. The van der Waals surface area contributed by atoms with Crippen LogP contribution in [-0.4, -0.2) is 41.5 Å². The van der Waals surface area contributed by atoms with Gasteiger partial charge in [-0.05, 0) is 43.7 Å². The van der Waals surface area contributed by atoms with Crippen molar-refractivity contribution in [1.29, 1.82) is 0 Å². The fourth-order valence-electron chi connectivity index (χ4n) is 2.71. The molecule has 0 spiro atoms. The van der Waals surface area contributed by atoms with Crippen molar-refractivity contribution in [2.24, 2.45) is 0 Å². The van der Waals surface area contributed by atoms with E-state index in [1.807, 2.05) is 30.3 Å². The molecular weight excluding hydrogens is 428 g/mol. The normalized spacial score (nSPS) is 9.94. The van der Waals surface area contributed by atoms with E-state index in [1.165, 1.54) is 32.4 Å². The molecule has 3 aromatic rings. The second-order valence-electron chi connectivity index (χ2n) is 7.02. The molecule has 33 heavy (non-hydrogen) atoms. The first-order valence-corrected chi connectivity index (χ1v) is 9.87. The molecule has 0 aliphatic carbocycles. The molecule has 0 aromatic heterocycles. The third-order valence-corrected chi connectivity index (χ3v) is 4.76. The number of phenolic OH excluding ortho intramolecular Hbond substituents is 3. The van der Waals surface area contributed by atoms with E-state index in [9.17, 15) is 24.9 Å². The van der Waals surface area contributed by atoms with E-state index in [2.05, 4.69) is 9.47 Å². The first-order valence-electron chi connectivity index (χ1n) is 9.87. The van der Waals surface area contributed by atoms with Gasteiger partial charge in [0.05, 0.1) is 25.3 Å². The molecule has 0 atom stereocenters. The molecule has 3 N–H and O–H groups in total. The molecule has 0 saturated heterocycles. The minimum atomic E-state index is -0.592. The van der Waals surface area contributed by atoms with Crippen molar-refractivity contribution in [1.82, 2.24) is 0 Å². The van der Waals surface area contributed by atoms with Gasteiger partial charge in [0, 0.05) is 11.1 Å². The van der Waals surface area contributed by atoms with Gasteiger partial charge in [0.2, 0.25) is 0 Å². The van der Waals surface area contributed by atoms with Crippen LogP contribution in [0.1, 0.15) is 37.4 Å². The van der Waals surface area contributed by atoms with Crippen molar-refractivity contribution >= 4 is 11.9 Å². The molecule has 8 heteroatoms. The molecule has 0 saturated carbocycles. The first kappa shape index (κ1) is 25.1. The predicted octanol–water partition coefficient (Wildman–Crippen LogP) is 4.26. The van der Waals surface area contributed by atoms with E-state index in [0.29, 0.717) is 23.5 Å². The lowest BCUT2D eigenvalue weighted by Gasteiger charge is -2.12. The highest BCUT2D eigenvalue weighted by molar-refractivity contribution is 5.91. The maximum Gasteiger partial charge on any atom is 0.338 e. The lowest BCUT2D eigenvalue weighted by atomic mass is 10.1. The molecule has 0 aliphatic rings. The molecule has 3 aromatic carbocycles. The van der Waals surface area contributed by atoms with Gasteiger partial charge in [-0.1, -0.05) is 30.3 Å². The third-order valence-electron chi connectivity index (χ3n) is 4.76. The fourth-order valence-corrected chi connectivity index (χ4v) is 2.71. The Morgan fingerprint density at radius 3 is 1.67 bits per heavy atom.